The number of amides is 1. The number of piperazine rings is 1. The van der Waals surface area contributed by atoms with Gasteiger partial charge in [-0.05, 0) is 82.6 Å². The number of nitrogens with zero attached hydrogens (tertiary/aromatic N) is 5. The SMILES string of the molecule is CC(N)=CC(N)=Nc1cc(N2CCN(C(C)(C)C)CC2)nc(Sc2ccc(NC(=O)C3CC3)cc2)n1.[HH].[HH].[HH]. The first-order valence-electron chi connectivity index (χ1n) is 12.3. The highest BCUT2D eigenvalue weighted by atomic mass is 32.2. The zero-order valence-electron chi connectivity index (χ0n) is 21.5. The van der Waals surface area contributed by atoms with Gasteiger partial charge in [-0.3, -0.25) is 9.69 Å². The lowest BCUT2D eigenvalue weighted by molar-refractivity contribution is -0.117. The number of rotatable bonds is 7. The van der Waals surface area contributed by atoms with Crippen molar-refractivity contribution in [2.75, 3.05) is 36.4 Å². The lowest BCUT2D eigenvalue weighted by Gasteiger charge is -2.42. The largest absolute Gasteiger partial charge is 0.402 e. The van der Waals surface area contributed by atoms with Crippen LogP contribution in [0.4, 0.5) is 17.3 Å². The number of anilines is 2. The molecule has 2 fully saturated rings. The molecule has 0 atom stereocenters. The maximum absolute atomic E-state index is 12.0. The summed E-state index contributed by atoms with van der Waals surface area (Å²) in [5, 5.41) is 3.55. The van der Waals surface area contributed by atoms with E-state index >= 15 is 0 Å². The van der Waals surface area contributed by atoms with Gasteiger partial charge in [0.1, 0.15) is 11.7 Å². The molecule has 10 heteroatoms. The number of nitrogens with one attached hydrogen (secondary N) is 1. The fourth-order valence-corrected chi connectivity index (χ4v) is 4.73. The summed E-state index contributed by atoms with van der Waals surface area (Å²) in [6.07, 6.45) is 3.58. The molecule has 1 aromatic carbocycles. The number of aromatic nitrogens is 2. The van der Waals surface area contributed by atoms with Gasteiger partial charge in [0.25, 0.3) is 0 Å². The van der Waals surface area contributed by atoms with E-state index in [-0.39, 0.29) is 21.6 Å². The minimum atomic E-state index is 0. The minimum absolute atomic E-state index is 0. The molecular weight excluding hydrogens is 472 g/mol. The molecular formula is C26H42N8OS. The molecule has 1 aromatic heterocycles. The number of amidine groups is 1. The van der Waals surface area contributed by atoms with Crippen molar-refractivity contribution in [1.82, 2.24) is 14.9 Å². The first kappa shape index (κ1) is 26.0. The van der Waals surface area contributed by atoms with Crippen LogP contribution >= 0.6 is 11.8 Å². The molecule has 1 saturated carbocycles. The van der Waals surface area contributed by atoms with Crippen molar-refractivity contribution < 1.29 is 9.07 Å². The standard InChI is InChI=1S/C26H36N8OS.3H2/c1-17(27)15-21(28)30-22-16-23(33-11-13-34(14-12-33)26(2,3)4)32-25(31-22)36-20-9-7-19(8-10-20)29-24(35)18-5-6-18;;;/h7-10,15-16,18H,5-6,11-14,27H2,1-4H3,(H,29,35)(H2,28,30,31,32);3*1H. The molecule has 0 bridgehead atoms. The Balaban J connectivity index is 0.00000253. The fraction of sp³-hybridized carbons (Fsp3) is 0.462. The van der Waals surface area contributed by atoms with E-state index in [1.807, 2.05) is 30.3 Å². The van der Waals surface area contributed by atoms with Crippen LogP contribution in [0.2, 0.25) is 0 Å². The van der Waals surface area contributed by atoms with Crippen molar-refractivity contribution in [3.8, 4) is 0 Å². The number of hydrogen-bond acceptors (Lipinski definition) is 8. The van der Waals surface area contributed by atoms with Crippen LogP contribution in [-0.2, 0) is 4.79 Å². The van der Waals surface area contributed by atoms with Gasteiger partial charge in [-0.2, -0.15) is 0 Å². The van der Waals surface area contributed by atoms with Crippen LogP contribution in [0, 0.1) is 5.92 Å². The van der Waals surface area contributed by atoms with Crippen molar-refractivity contribution in [3.63, 3.8) is 0 Å². The number of aliphatic imine (C=N–C) groups is 1. The van der Waals surface area contributed by atoms with E-state index in [0.717, 1.165) is 55.4 Å². The Kier molecular flexibility index (Phi) is 7.85. The predicted octanol–water partition coefficient (Wildman–Crippen LogP) is 4.49. The van der Waals surface area contributed by atoms with Crippen LogP contribution in [0.3, 0.4) is 0 Å². The lowest BCUT2D eigenvalue weighted by Crippen LogP contribution is -2.53. The van der Waals surface area contributed by atoms with E-state index in [1.165, 1.54) is 11.8 Å². The maximum atomic E-state index is 12.0. The van der Waals surface area contributed by atoms with Gasteiger partial charge < -0.3 is 21.7 Å². The second-order valence-corrected chi connectivity index (χ2v) is 11.4. The zero-order chi connectivity index (χ0) is 25.9. The quantitative estimate of drug-likeness (QED) is 0.280. The van der Waals surface area contributed by atoms with Crippen LogP contribution < -0.4 is 21.7 Å². The third-order valence-electron chi connectivity index (χ3n) is 6.13. The summed E-state index contributed by atoms with van der Waals surface area (Å²) in [4.78, 5) is 31.7. The van der Waals surface area contributed by atoms with Gasteiger partial charge in [-0.15, -0.1) is 0 Å². The number of nitrogens with two attached hydrogens (primary N) is 2. The highest BCUT2D eigenvalue weighted by molar-refractivity contribution is 7.99. The van der Waals surface area contributed by atoms with Crippen molar-refractivity contribution in [1.29, 1.82) is 0 Å². The van der Waals surface area contributed by atoms with Crippen LogP contribution in [-0.4, -0.2) is 58.3 Å². The Morgan fingerprint density at radius 2 is 1.81 bits per heavy atom. The number of carbonyl (C=O) groups excluding carboxylic acids is 1. The summed E-state index contributed by atoms with van der Waals surface area (Å²) < 4.78 is 0. The van der Waals surface area contributed by atoms with E-state index in [1.54, 1.807) is 13.0 Å². The Bertz CT molecular complexity index is 1150. The van der Waals surface area contributed by atoms with Gasteiger partial charge in [0.15, 0.2) is 11.0 Å². The third kappa shape index (κ3) is 7.20. The van der Waals surface area contributed by atoms with Gasteiger partial charge in [0.05, 0.1) is 0 Å². The molecule has 4 rings (SSSR count). The molecule has 36 heavy (non-hydrogen) atoms. The van der Waals surface area contributed by atoms with Crippen LogP contribution in [0.1, 0.15) is 44.8 Å². The highest BCUT2D eigenvalue weighted by Gasteiger charge is 2.29. The minimum Gasteiger partial charge on any atom is -0.402 e. The fourth-order valence-electron chi connectivity index (χ4n) is 3.97. The first-order valence-corrected chi connectivity index (χ1v) is 13.1. The van der Waals surface area contributed by atoms with Gasteiger partial charge in [0.2, 0.25) is 5.91 Å². The maximum Gasteiger partial charge on any atom is 0.227 e. The second-order valence-electron chi connectivity index (χ2n) is 10.3. The molecule has 1 amide bonds. The average molecular weight is 515 g/mol. The normalized spacial score (nSPS) is 17.8. The summed E-state index contributed by atoms with van der Waals surface area (Å²) in [6.45, 7) is 12.1. The molecule has 1 aliphatic heterocycles. The van der Waals surface area contributed by atoms with Gasteiger partial charge in [-0.1, -0.05) is 0 Å². The Labute approximate surface area is 221 Å². The van der Waals surface area contributed by atoms with Crippen molar-refractivity contribution in [2.24, 2.45) is 22.4 Å². The molecule has 2 aromatic rings. The highest BCUT2D eigenvalue weighted by Crippen LogP contribution is 2.32. The molecule has 2 heterocycles. The van der Waals surface area contributed by atoms with Gasteiger partial charge >= 0.3 is 0 Å². The Hall–Kier alpha value is -3.11. The van der Waals surface area contributed by atoms with Gasteiger partial charge in [-0.25, -0.2) is 15.0 Å². The molecule has 1 saturated heterocycles. The molecule has 0 spiro atoms. The third-order valence-corrected chi connectivity index (χ3v) is 7.00. The molecule has 9 nitrogen and oxygen atoms in total. The summed E-state index contributed by atoms with van der Waals surface area (Å²) in [6, 6.07) is 9.61. The molecule has 198 valence electrons. The molecule has 1 aliphatic carbocycles. The van der Waals surface area contributed by atoms with Crippen molar-refractivity contribution in [2.45, 2.75) is 56.1 Å². The molecule has 5 N–H and O–H groups in total. The smallest absolute Gasteiger partial charge is 0.227 e. The van der Waals surface area contributed by atoms with Crippen LogP contribution in [0.15, 0.2) is 57.1 Å². The Morgan fingerprint density at radius 1 is 1.14 bits per heavy atom. The summed E-state index contributed by atoms with van der Waals surface area (Å²) >= 11 is 1.45. The number of benzene rings is 1. The Morgan fingerprint density at radius 3 is 2.39 bits per heavy atom. The van der Waals surface area contributed by atoms with Crippen LogP contribution in [0.5, 0.6) is 0 Å². The van der Waals surface area contributed by atoms with Crippen molar-refractivity contribution >= 4 is 40.8 Å². The zero-order valence-corrected chi connectivity index (χ0v) is 22.3. The van der Waals surface area contributed by atoms with E-state index in [2.05, 4.69) is 45.9 Å². The number of carbonyl (C=O) groups is 1. The monoisotopic (exact) mass is 514 g/mol. The molecule has 2 aliphatic rings. The van der Waals surface area contributed by atoms with Gasteiger partial charge in [0, 0.05) is 64.3 Å². The molecule has 0 unspecified atom stereocenters. The van der Waals surface area contributed by atoms with E-state index < -0.39 is 0 Å². The average Bonchev–Trinajstić information content (AvgIpc) is 3.65. The summed E-state index contributed by atoms with van der Waals surface area (Å²) in [7, 11) is 0. The van der Waals surface area contributed by atoms with E-state index in [0.29, 0.717) is 22.5 Å². The first-order chi connectivity index (χ1) is 17.1. The summed E-state index contributed by atoms with van der Waals surface area (Å²) in [5.41, 5.74) is 13.3. The number of allylic oxidation sites excluding steroid dienone is 1. The lowest BCUT2D eigenvalue weighted by atomic mass is 10.1. The second kappa shape index (κ2) is 10.9. The topological polar surface area (TPSA) is 126 Å². The van der Waals surface area contributed by atoms with E-state index in [4.69, 9.17) is 16.5 Å². The summed E-state index contributed by atoms with van der Waals surface area (Å²) in [5.74, 6) is 1.88. The number of hydrogen-bond donors (Lipinski definition) is 3. The van der Waals surface area contributed by atoms with Crippen LogP contribution in [0.25, 0.3) is 0 Å². The van der Waals surface area contributed by atoms with E-state index in [9.17, 15) is 4.79 Å². The molecule has 0 radical (unpaired) electrons. The predicted molar refractivity (Wildman–Crippen MR) is 153 cm³/mol. The van der Waals surface area contributed by atoms with Crippen molar-refractivity contribution in [3.05, 3.63) is 42.1 Å².